The van der Waals surface area contributed by atoms with E-state index < -0.39 is 0 Å². The van der Waals surface area contributed by atoms with Gasteiger partial charge in [-0.15, -0.1) is 24.0 Å². The van der Waals surface area contributed by atoms with Gasteiger partial charge < -0.3 is 15.4 Å². The Balaban J connectivity index is 0.00000243. The Kier molecular flexibility index (Phi) is 8.32. The highest BCUT2D eigenvalue weighted by Gasteiger charge is 2.36. The molecule has 0 aromatic heterocycles. The van der Waals surface area contributed by atoms with Crippen molar-refractivity contribution in [3.05, 3.63) is 33.8 Å². The first kappa shape index (κ1) is 22.1. The van der Waals surface area contributed by atoms with Gasteiger partial charge >= 0.3 is 0 Å². The number of piperidine rings is 1. The van der Waals surface area contributed by atoms with Crippen molar-refractivity contribution in [2.24, 2.45) is 16.6 Å². The summed E-state index contributed by atoms with van der Waals surface area (Å²) in [5.41, 5.74) is 7.27. The van der Waals surface area contributed by atoms with E-state index in [1.54, 1.807) is 0 Å². The van der Waals surface area contributed by atoms with Crippen molar-refractivity contribution in [3.8, 4) is 0 Å². The van der Waals surface area contributed by atoms with E-state index in [0.29, 0.717) is 22.5 Å². The molecule has 146 valence electrons. The van der Waals surface area contributed by atoms with E-state index in [2.05, 4.69) is 11.8 Å². The van der Waals surface area contributed by atoms with Gasteiger partial charge in [-0.2, -0.15) is 0 Å². The molecule has 2 aliphatic heterocycles. The largest absolute Gasteiger partial charge is 0.381 e. The standard InChI is InChI=1S/C19H27Cl2N3O.HI/c1-14-4-8-24(9-5-14)18(22)23-13-19(6-10-25-11-7-19)16-3-2-15(20)12-17(16)21;/h2-3,12,14H,4-11,13H2,1H3,(H2,22,23);1H. The maximum atomic E-state index is 6.52. The van der Waals surface area contributed by atoms with Crippen LogP contribution in [0.2, 0.25) is 10.0 Å². The summed E-state index contributed by atoms with van der Waals surface area (Å²) in [5, 5.41) is 1.36. The molecule has 0 bridgehead atoms. The number of halogens is 3. The molecule has 0 spiro atoms. The van der Waals surface area contributed by atoms with Gasteiger partial charge in [-0.1, -0.05) is 36.2 Å². The summed E-state index contributed by atoms with van der Waals surface area (Å²) in [7, 11) is 0. The zero-order valence-electron chi connectivity index (χ0n) is 15.2. The molecule has 2 aliphatic rings. The van der Waals surface area contributed by atoms with E-state index in [1.165, 1.54) is 12.8 Å². The molecule has 1 aromatic carbocycles. The summed E-state index contributed by atoms with van der Waals surface area (Å²) < 4.78 is 5.59. The van der Waals surface area contributed by atoms with E-state index in [1.807, 2.05) is 18.2 Å². The normalized spacial score (nSPS) is 21.3. The number of hydrogen-bond donors (Lipinski definition) is 1. The molecular weight excluding hydrogens is 484 g/mol. The lowest BCUT2D eigenvalue weighted by molar-refractivity contribution is 0.0530. The third-order valence-electron chi connectivity index (χ3n) is 5.60. The molecule has 2 N–H and O–H groups in total. The predicted octanol–water partition coefficient (Wildman–Crippen LogP) is 4.71. The molecule has 3 rings (SSSR count). The lowest BCUT2D eigenvalue weighted by atomic mass is 9.74. The molecule has 7 heteroatoms. The number of guanidine groups is 1. The van der Waals surface area contributed by atoms with Crippen LogP contribution in [0.4, 0.5) is 0 Å². The van der Waals surface area contributed by atoms with E-state index in [-0.39, 0.29) is 29.4 Å². The van der Waals surface area contributed by atoms with Gasteiger partial charge in [0.1, 0.15) is 0 Å². The zero-order valence-corrected chi connectivity index (χ0v) is 19.1. The van der Waals surface area contributed by atoms with Gasteiger partial charge in [0.25, 0.3) is 0 Å². The molecular formula is C19H28Cl2IN3O. The summed E-state index contributed by atoms with van der Waals surface area (Å²) in [6.45, 7) is 6.35. The highest BCUT2D eigenvalue weighted by atomic mass is 127. The van der Waals surface area contributed by atoms with Crippen molar-refractivity contribution in [2.75, 3.05) is 32.8 Å². The van der Waals surface area contributed by atoms with E-state index >= 15 is 0 Å². The molecule has 2 heterocycles. The summed E-state index contributed by atoms with van der Waals surface area (Å²) >= 11 is 12.6. The number of hydrogen-bond acceptors (Lipinski definition) is 2. The lowest BCUT2D eigenvalue weighted by Gasteiger charge is -2.38. The second-order valence-electron chi connectivity index (χ2n) is 7.36. The van der Waals surface area contributed by atoms with Crippen LogP contribution < -0.4 is 5.73 Å². The fourth-order valence-corrected chi connectivity index (χ4v) is 4.37. The van der Waals surface area contributed by atoms with Crippen molar-refractivity contribution >= 4 is 53.1 Å². The molecule has 0 radical (unpaired) electrons. The molecule has 4 nitrogen and oxygen atoms in total. The molecule has 0 unspecified atom stereocenters. The SMILES string of the molecule is CC1CCN(C(N)=NCC2(c3ccc(Cl)cc3Cl)CCOCC2)CC1.I. The van der Waals surface area contributed by atoms with Gasteiger partial charge in [-0.3, -0.25) is 4.99 Å². The molecule has 0 saturated carbocycles. The second kappa shape index (κ2) is 9.80. The van der Waals surface area contributed by atoms with Crippen molar-refractivity contribution in [1.82, 2.24) is 4.90 Å². The third-order valence-corrected chi connectivity index (χ3v) is 6.15. The Morgan fingerprint density at radius 2 is 1.92 bits per heavy atom. The number of likely N-dealkylation sites (tertiary alicyclic amines) is 1. The minimum absolute atomic E-state index is 0. The summed E-state index contributed by atoms with van der Waals surface area (Å²) in [5.74, 6) is 1.43. The Morgan fingerprint density at radius 3 is 2.54 bits per heavy atom. The van der Waals surface area contributed by atoms with Crippen LogP contribution >= 0.6 is 47.2 Å². The lowest BCUT2D eigenvalue weighted by Crippen LogP contribution is -2.44. The van der Waals surface area contributed by atoms with Gasteiger partial charge in [0, 0.05) is 41.8 Å². The maximum Gasteiger partial charge on any atom is 0.191 e. The average molecular weight is 512 g/mol. The van der Waals surface area contributed by atoms with Crippen molar-refractivity contribution in [1.29, 1.82) is 0 Å². The fourth-order valence-electron chi connectivity index (χ4n) is 3.76. The quantitative estimate of drug-likeness (QED) is 0.363. The zero-order chi connectivity index (χ0) is 17.9. The molecule has 0 atom stereocenters. The van der Waals surface area contributed by atoms with Crippen LogP contribution in [0.15, 0.2) is 23.2 Å². The summed E-state index contributed by atoms with van der Waals surface area (Å²) in [4.78, 5) is 6.99. The van der Waals surface area contributed by atoms with Gasteiger partial charge in [0.15, 0.2) is 5.96 Å². The third kappa shape index (κ3) is 5.18. The number of aliphatic imine (C=N–C) groups is 1. The Labute approximate surface area is 183 Å². The number of nitrogens with zero attached hydrogens (tertiary/aromatic N) is 2. The van der Waals surface area contributed by atoms with Gasteiger partial charge in [-0.05, 0) is 49.3 Å². The molecule has 2 saturated heterocycles. The second-order valence-corrected chi connectivity index (χ2v) is 8.20. The molecule has 1 aromatic rings. The van der Waals surface area contributed by atoms with Crippen LogP contribution in [0, 0.1) is 5.92 Å². The Hall–Kier alpha value is -0.240. The van der Waals surface area contributed by atoms with Gasteiger partial charge in [0.05, 0.1) is 6.54 Å². The minimum Gasteiger partial charge on any atom is -0.381 e. The van der Waals surface area contributed by atoms with Crippen molar-refractivity contribution in [3.63, 3.8) is 0 Å². The number of rotatable bonds is 3. The average Bonchev–Trinajstić information content (AvgIpc) is 2.61. The predicted molar refractivity (Wildman–Crippen MR) is 120 cm³/mol. The summed E-state index contributed by atoms with van der Waals surface area (Å²) in [6.07, 6.45) is 4.14. The number of nitrogens with two attached hydrogens (primary N) is 1. The first-order valence-corrected chi connectivity index (χ1v) is 9.84. The topological polar surface area (TPSA) is 50.8 Å². The van der Waals surface area contributed by atoms with Crippen LogP contribution in [-0.4, -0.2) is 43.7 Å². The number of ether oxygens (including phenoxy) is 1. The molecule has 2 fully saturated rings. The first-order valence-electron chi connectivity index (χ1n) is 9.08. The van der Waals surface area contributed by atoms with Crippen molar-refractivity contribution < 1.29 is 4.74 Å². The summed E-state index contributed by atoms with van der Waals surface area (Å²) in [6, 6.07) is 5.75. The van der Waals surface area contributed by atoms with Crippen LogP contribution in [-0.2, 0) is 10.2 Å². The highest BCUT2D eigenvalue weighted by Crippen LogP contribution is 2.40. The van der Waals surface area contributed by atoms with Gasteiger partial charge in [-0.25, -0.2) is 0 Å². The molecule has 0 aliphatic carbocycles. The van der Waals surface area contributed by atoms with E-state index in [4.69, 9.17) is 38.7 Å². The van der Waals surface area contributed by atoms with Crippen LogP contribution in [0.1, 0.15) is 38.2 Å². The van der Waals surface area contributed by atoms with Crippen LogP contribution in [0.3, 0.4) is 0 Å². The molecule has 26 heavy (non-hydrogen) atoms. The maximum absolute atomic E-state index is 6.52. The van der Waals surface area contributed by atoms with Gasteiger partial charge in [0.2, 0.25) is 0 Å². The smallest absolute Gasteiger partial charge is 0.191 e. The minimum atomic E-state index is -0.131. The highest BCUT2D eigenvalue weighted by molar-refractivity contribution is 14.0. The Bertz CT molecular complexity index is 627. The van der Waals surface area contributed by atoms with Crippen LogP contribution in [0.25, 0.3) is 0 Å². The van der Waals surface area contributed by atoms with Crippen molar-refractivity contribution in [2.45, 2.75) is 38.0 Å². The van der Waals surface area contributed by atoms with Crippen LogP contribution in [0.5, 0.6) is 0 Å². The van der Waals surface area contributed by atoms with E-state index in [9.17, 15) is 0 Å². The van der Waals surface area contributed by atoms with E-state index in [0.717, 1.165) is 50.6 Å². The molecule has 0 amide bonds. The fraction of sp³-hybridized carbons (Fsp3) is 0.632. The number of benzene rings is 1. The Morgan fingerprint density at radius 1 is 1.27 bits per heavy atom. The first-order chi connectivity index (χ1) is 12.0. The monoisotopic (exact) mass is 511 g/mol.